The number of rotatable bonds is 11. The molecule has 3 rings (SSSR count). The van der Waals surface area contributed by atoms with Crippen LogP contribution < -0.4 is 20.1 Å². The maximum absolute atomic E-state index is 12.7. The highest BCUT2D eigenvalue weighted by molar-refractivity contribution is 5.97. The van der Waals surface area contributed by atoms with Gasteiger partial charge in [0.05, 0.1) is 19.3 Å². The molecule has 6 nitrogen and oxygen atoms in total. The second-order valence-electron chi connectivity index (χ2n) is 8.45. The summed E-state index contributed by atoms with van der Waals surface area (Å²) in [5, 5.41) is 15.5. The van der Waals surface area contributed by atoms with Gasteiger partial charge >= 0.3 is 0 Å². The molecular weight excluding hydrogens is 426 g/mol. The van der Waals surface area contributed by atoms with Crippen molar-refractivity contribution in [2.24, 2.45) is 0 Å². The summed E-state index contributed by atoms with van der Waals surface area (Å²) in [5.41, 5.74) is 5.00. The Bertz CT molecular complexity index is 1060. The fourth-order valence-corrected chi connectivity index (χ4v) is 4.17. The highest BCUT2D eigenvalue weighted by Crippen LogP contribution is 2.28. The van der Waals surface area contributed by atoms with Crippen molar-refractivity contribution in [3.8, 4) is 17.6 Å². The van der Waals surface area contributed by atoms with Gasteiger partial charge in [0, 0.05) is 12.7 Å². The van der Waals surface area contributed by atoms with Crippen LogP contribution >= 0.6 is 0 Å². The number of carbonyl (C=O) groups is 1. The van der Waals surface area contributed by atoms with E-state index >= 15 is 0 Å². The Balaban J connectivity index is 1.54. The lowest BCUT2D eigenvalue weighted by molar-refractivity contribution is -0.117. The predicted octanol–water partition coefficient (Wildman–Crippen LogP) is 4.78. The first-order valence-electron chi connectivity index (χ1n) is 12.2. The summed E-state index contributed by atoms with van der Waals surface area (Å²) >= 11 is 0. The van der Waals surface area contributed by atoms with Crippen molar-refractivity contribution in [2.75, 3.05) is 19.8 Å². The summed E-state index contributed by atoms with van der Waals surface area (Å²) < 4.78 is 11.3. The van der Waals surface area contributed by atoms with E-state index in [0.29, 0.717) is 19.8 Å². The predicted molar refractivity (Wildman–Crippen MR) is 134 cm³/mol. The van der Waals surface area contributed by atoms with E-state index in [1.807, 2.05) is 45.0 Å². The summed E-state index contributed by atoms with van der Waals surface area (Å²) in [7, 11) is 0. The van der Waals surface area contributed by atoms with Crippen LogP contribution in [0.15, 0.2) is 48.2 Å². The van der Waals surface area contributed by atoms with Crippen LogP contribution in [0.2, 0.25) is 0 Å². The lowest BCUT2D eigenvalue weighted by Crippen LogP contribution is -2.29. The summed E-state index contributed by atoms with van der Waals surface area (Å²) in [6, 6.07) is 14.2. The molecule has 0 heterocycles. The van der Waals surface area contributed by atoms with E-state index < -0.39 is 0 Å². The molecule has 34 heavy (non-hydrogen) atoms. The maximum atomic E-state index is 12.7. The van der Waals surface area contributed by atoms with Crippen LogP contribution in [0.5, 0.6) is 11.5 Å². The standard InChI is InChI=1S/C28H35N3O3/c1-4-33-26-13-10-21(16-27(26)34-5-2)14-15-30-19-25(18-29)28(32)31-20(3)23-12-11-22-8-6-7-9-24(22)17-23/h10-13,16-17,19-20,30H,4-9,14-15H2,1-3H3,(H,31,32)/b25-19-. The maximum Gasteiger partial charge on any atom is 0.263 e. The van der Waals surface area contributed by atoms with E-state index in [0.717, 1.165) is 41.9 Å². The van der Waals surface area contributed by atoms with Crippen LogP contribution in [-0.2, 0) is 24.1 Å². The molecule has 2 N–H and O–H groups in total. The van der Waals surface area contributed by atoms with Gasteiger partial charge in [-0.25, -0.2) is 0 Å². The molecule has 2 aromatic rings. The third-order valence-corrected chi connectivity index (χ3v) is 6.00. The monoisotopic (exact) mass is 461 g/mol. The largest absolute Gasteiger partial charge is 0.490 e. The third kappa shape index (κ3) is 6.77. The number of aryl methyl sites for hydroxylation is 2. The number of hydrogen-bond donors (Lipinski definition) is 2. The molecule has 6 heteroatoms. The van der Waals surface area contributed by atoms with E-state index in [9.17, 15) is 10.1 Å². The van der Waals surface area contributed by atoms with Gasteiger partial charge in [-0.05, 0) is 87.3 Å². The fourth-order valence-electron chi connectivity index (χ4n) is 4.17. The molecule has 1 amide bonds. The normalized spacial score (nSPS) is 13.9. The Hall–Kier alpha value is -3.46. The van der Waals surface area contributed by atoms with Crippen molar-refractivity contribution in [1.82, 2.24) is 10.6 Å². The molecule has 0 spiro atoms. The van der Waals surface area contributed by atoms with E-state index in [1.165, 1.54) is 30.2 Å². The van der Waals surface area contributed by atoms with Crippen LogP contribution in [0.1, 0.15) is 61.9 Å². The molecule has 0 saturated heterocycles. The molecule has 0 bridgehead atoms. The van der Waals surface area contributed by atoms with Crippen LogP contribution in [0.3, 0.4) is 0 Å². The smallest absolute Gasteiger partial charge is 0.263 e. The molecule has 0 aliphatic heterocycles. The Morgan fingerprint density at radius 3 is 2.53 bits per heavy atom. The molecule has 1 aliphatic rings. The average molecular weight is 462 g/mol. The molecule has 1 atom stereocenters. The first kappa shape index (κ1) is 25.2. The number of nitriles is 1. The molecule has 2 aromatic carbocycles. The minimum atomic E-state index is -0.375. The molecule has 0 saturated carbocycles. The number of nitrogens with zero attached hydrogens (tertiary/aromatic N) is 1. The Kier molecular flexibility index (Phi) is 9.40. The van der Waals surface area contributed by atoms with Gasteiger partial charge in [-0.2, -0.15) is 5.26 Å². The van der Waals surface area contributed by atoms with Gasteiger partial charge in [0.25, 0.3) is 5.91 Å². The van der Waals surface area contributed by atoms with E-state index in [-0.39, 0.29) is 17.5 Å². The zero-order valence-corrected chi connectivity index (χ0v) is 20.4. The number of benzene rings is 2. The summed E-state index contributed by atoms with van der Waals surface area (Å²) in [6.07, 6.45) is 6.90. The fraction of sp³-hybridized carbons (Fsp3) is 0.429. The summed E-state index contributed by atoms with van der Waals surface area (Å²) in [6.45, 7) is 7.56. The summed E-state index contributed by atoms with van der Waals surface area (Å²) in [4.78, 5) is 12.7. The zero-order chi connectivity index (χ0) is 24.3. The highest BCUT2D eigenvalue weighted by atomic mass is 16.5. The number of hydrogen-bond acceptors (Lipinski definition) is 5. The number of carbonyl (C=O) groups excluding carboxylic acids is 1. The van der Waals surface area contributed by atoms with Crippen LogP contribution in [-0.4, -0.2) is 25.7 Å². The van der Waals surface area contributed by atoms with Crippen molar-refractivity contribution >= 4 is 5.91 Å². The molecule has 0 fully saturated rings. The Morgan fingerprint density at radius 1 is 1.06 bits per heavy atom. The first-order chi connectivity index (χ1) is 16.5. The third-order valence-electron chi connectivity index (χ3n) is 6.00. The van der Waals surface area contributed by atoms with Crippen molar-refractivity contribution in [1.29, 1.82) is 5.26 Å². The number of amides is 1. The van der Waals surface area contributed by atoms with Crippen molar-refractivity contribution in [3.05, 3.63) is 70.4 Å². The second kappa shape index (κ2) is 12.7. The minimum Gasteiger partial charge on any atom is -0.490 e. The number of nitrogens with one attached hydrogen (secondary N) is 2. The van der Waals surface area contributed by atoms with Crippen LogP contribution in [0, 0.1) is 11.3 Å². The van der Waals surface area contributed by atoms with Gasteiger partial charge in [0.2, 0.25) is 0 Å². The van der Waals surface area contributed by atoms with Crippen molar-refractivity contribution in [3.63, 3.8) is 0 Å². The lowest BCUT2D eigenvalue weighted by Gasteiger charge is -2.20. The van der Waals surface area contributed by atoms with Crippen molar-refractivity contribution < 1.29 is 14.3 Å². The van der Waals surface area contributed by atoms with E-state index in [4.69, 9.17) is 9.47 Å². The second-order valence-corrected chi connectivity index (χ2v) is 8.45. The van der Waals surface area contributed by atoms with Crippen LogP contribution in [0.4, 0.5) is 0 Å². The molecule has 1 aliphatic carbocycles. The topological polar surface area (TPSA) is 83.4 Å². The molecular formula is C28H35N3O3. The van der Waals surface area contributed by atoms with Crippen molar-refractivity contribution in [2.45, 2.75) is 58.9 Å². The average Bonchev–Trinajstić information content (AvgIpc) is 2.85. The van der Waals surface area contributed by atoms with Crippen LogP contribution in [0.25, 0.3) is 0 Å². The minimum absolute atomic E-state index is 0.0616. The highest BCUT2D eigenvalue weighted by Gasteiger charge is 2.16. The molecule has 0 aromatic heterocycles. The summed E-state index contributed by atoms with van der Waals surface area (Å²) in [5.74, 6) is 1.09. The molecule has 0 radical (unpaired) electrons. The lowest BCUT2D eigenvalue weighted by atomic mass is 9.89. The molecule has 180 valence electrons. The van der Waals surface area contributed by atoms with E-state index in [2.05, 4.69) is 28.8 Å². The van der Waals surface area contributed by atoms with E-state index in [1.54, 1.807) is 0 Å². The SMILES string of the molecule is CCOc1ccc(CCN/C=C(/C#N)C(=O)NC(C)c2ccc3c(c2)CCCC3)cc1OCC. The van der Waals surface area contributed by atoms with Gasteiger partial charge in [0.1, 0.15) is 11.6 Å². The quantitative estimate of drug-likeness (QED) is 0.286. The Morgan fingerprint density at radius 2 is 1.79 bits per heavy atom. The zero-order valence-electron chi connectivity index (χ0n) is 20.4. The number of fused-ring (bicyclic) bond motifs is 1. The van der Waals surface area contributed by atoms with Gasteiger partial charge in [0.15, 0.2) is 11.5 Å². The first-order valence-corrected chi connectivity index (χ1v) is 12.2. The van der Waals surface area contributed by atoms with Gasteiger partial charge < -0.3 is 20.1 Å². The van der Waals surface area contributed by atoms with Gasteiger partial charge in [-0.15, -0.1) is 0 Å². The number of ether oxygens (including phenoxy) is 2. The van der Waals surface area contributed by atoms with Gasteiger partial charge in [-0.3, -0.25) is 4.79 Å². The Labute approximate surface area is 203 Å². The van der Waals surface area contributed by atoms with Gasteiger partial charge in [-0.1, -0.05) is 24.3 Å². The molecule has 1 unspecified atom stereocenters.